The summed E-state index contributed by atoms with van der Waals surface area (Å²) in [5.41, 5.74) is 0. The monoisotopic (exact) mass is 1120 g/mol. The van der Waals surface area contributed by atoms with Crippen LogP contribution >= 0.6 is 0 Å². The van der Waals surface area contributed by atoms with Gasteiger partial charge >= 0.3 is 17.9 Å². The highest BCUT2D eigenvalue weighted by Gasteiger charge is 2.19. The van der Waals surface area contributed by atoms with E-state index in [4.69, 9.17) is 14.2 Å². The third-order valence-corrected chi connectivity index (χ3v) is 14.8. The molecule has 0 amide bonds. The summed E-state index contributed by atoms with van der Waals surface area (Å²) in [5.74, 6) is -0.928. The summed E-state index contributed by atoms with van der Waals surface area (Å²) in [5, 5.41) is 0. The van der Waals surface area contributed by atoms with Gasteiger partial charge < -0.3 is 14.2 Å². The van der Waals surface area contributed by atoms with Crippen molar-refractivity contribution in [2.24, 2.45) is 0 Å². The van der Waals surface area contributed by atoms with E-state index in [9.17, 15) is 14.4 Å². The van der Waals surface area contributed by atoms with Gasteiger partial charge in [0.25, 0.3) is 0 Å². The molecule has 6 nitrogen and oxygen atoms in total. The summed E-state index contributed by atoms with van der Waals surface area (Å²) < 4.78 is 16.9. The molecule has 0 spiro atoms. The number of carbonyl (C=O) groups excluding carboxylic acids is 3. The Hall–Kier alpha value is -3.93. The molecule has 0 bridgehead atoms. The fourth-order valence-corrected chi connectivity index (χ4v) is 9.70. The van der Waals surface area contributed by atoms with Crippen molar-refractivity contribution in [3.05, 3.63) is 109 Å². The minimum Gasteiger partial charge on any atom is -0.462 e. The molecule has 0 rings (SSSR count). The van der Waals surface area contributed by atoms with E-state index in [-0.39, 0.29) is 31.1 Å². The first-order chi connectivity index (χ1) is 40.0. The van der Waals surface area contributed by atoms with Crippen LogP contribution in [0.3, 0.4) is 0 Å². The van der Waals surface area contributed by atoms with Gasteiger partial charge in [-0.2, -0.15) is 0 Å². The van der Waals surface area contributed by atoms with Gasteiger partial charge in [-0.25, -0.2) is 0 Å². The van der Waals surface area contributed by atoms with Crippen molar-refractivity contribution in [2.75, 3.05) is 13.2 Å². The van der Waals surface area contributed by atoms with Gasteiger partial charge in [-0.1, -0.05) is 316 Å². The lowest BCUT2D eigenvalue weighted by Gasteiger charge is -2.18. The highest BCUT2D eigenvalue weighted by atomic mass is 16.6. The average molecular weight is 1130 g/mol. The van der Waals surface area contributed by atoms with Crippen LogP contribution in [-0.4, -0.2) is 37.2 Å². The van der Waals surface area contributed by atoms with Crippen molar-refractivity contribution < 1.29 is 28.6 Å². The van der Waals surface area contributed by atoms with E-state index in [1.54, 1.807) is 0 Å². The maximum Gasteiger partial charge on any atom is 0.306 e. The number of hydrogen-bond donors (Lipinski definition) is 0. The molecule has 1 atom stereocenters. The van der Waals surface area contributed by atoms with E-state index < -0.39 is 6.10 Å². The van der Waals surface area contributed by atoms with Crippen LogP contribution in [-0.2, 0) is 28.6 Å². The molecule has 0 aliphatic carbocycles. The number of unbranched alkanes of at least 4 members (excludes halogenated alkanes) is 33. The van der Waals surface area contributed by atoms with E-state index in [1.807, 2.05) is 0 Å². The van der Waals surface area contributed by atoms with Gasteiger partial charge in [0, 0.05) is 19.3 Å². The molecule has 464 valence electrons. The zero-order valence-electron chi connectivity index (χ0n) is 53.3. The highest BCUT2D eigenvalue weighted by molar-refractivity contribution is 5.71. The fraction of sp³-hybridized carbons (Fsp3) is 0.720. The van der Waals surface area contributed by atoms with Gasteiger partial charge in [-0.05, 0) is 103 Å². The second-order valence-corrected chi connectivity index (χ2v) is 22.7. The van der Waals surface area contributed by atoms with Gasteiger partial charge in [0.2, 0.25) is 0 Å². The van der Waals surface area contributed by atoms with Crippen LogP contribution in [0.2, 0.25) is 0 Å². The molecule has 0 aliphatic heterocycles. The molecular weight excluding hydrogens is 997 g/mol. The minimum atomic E-state index is -0.800. The average Bonchev–Trinajstić information content (AvgIpc) is 3.47. The summed E-state index contributed by atoms with van der Waals surface area (Å²) >= 11 is 0. The lowest BCUT2D eigenvalue weighted by atomic mass is 10.0. The number of carbonyl (C=O) groups is 3. The number of esters is 3. The van der Waals surface area contributed by atoms with Gasteiger partial charge in [0.05, 0.1) is 0 Å². The molecule has 0 saturated heterocycles. The van der Waals surface area contributed by atoms with Crippen LogP contribution in [0.15, 0.2) is 109 Å². The van der Waals surface area contributed by atoms with Gasteiger partial charge in [0.15, 0.2) is 6.10 Å². The van der Waals surface area contributed by atoms with E-state index in [2.05, 4.69) is 130 Å². The summed E-state index contributed by atoms with van der Waals surface area (Å²) in [6.07, 6.45) is 94.0. The second kappa shape index (κ2) is 68.6. The molecule has 6 heteroatoms. The second-order valence-electron chi connectivity index (χ2n) is 22.7. The summed E-state index contributed by atoms with van der Waals surface area (Å²) in [4.78, 5) is 38.4. The Morgan fingerprint density at radius 1 is 0.259 bits per heavy atom. The Balaban J connectivity index is 4.36. The van der Waals surface area contributed by atoms with Gasteiger partial charge in [-0.3, -0.25) is 14.4 Å². The number of rotatable bonds is 62. The summed E-state index contributed by atoms with van der Waals surface area (Å²) in [7, 11) is 0. The van der Waals surface area contributed by atoms with Crippen molar-refractivity contribution in [3.63, 3.8) is 0 Å². The van der Waals surface area contributed by atoms with Gasteiger partial charge in [0.1, 0.15) is 13.2 Å². The lowest BCUT2D eigenvalue weighted by molar-refractivity contribution is -0.167. The quantitative estimate of drug-likeness (QED) is 0.0261. The van der Waals surface area contributed by atoms with E-state index in [1.165, 1.54) is 167 Å². The number of hydrogen-bond acceptors (Lipinski definition) is 6. The predicted molar refractivity (Wildman–Crippen MR) is 353 cm³/mol. The topological polar surface area (TPSA) is 78.9 Å². The summed E-state index contributed by atoms with van der Waals surface area (Å²) in [6.45, 7) is 6.41. The Morgan fingerprint density at radius 2 is 0.481 bits per heavy atom. The molecule has 0 N–H and O–H groups in total. The van der Waals surface area contributed by atoms with E-state index in [0.717, 1.165) is 122 Å². The first-order valence-corrected chi connectivity index (χ1v) is 34.4. The van der Waals surface area contributed by atoms with Crippen LogP contribution in [0.25, 0.3) is 0 Å². The van der Waals surface area contributed by atoms with Crippen LogP contribution in [0.4, 0.5) is 0 Å². The number of ether oxygens (including phenoxy) is 3. The van der Waals surface area contributed by atoms with Crippen LogP contribution < -0.4 is 0 Å². The SMILES string of the molecule is CC/C=C\C/C=C\C/C=C\C/C=C\C/C=C\CCCCCCCCCCCC(=O)OCC(COC(=O)CCCC/C=C\C/C=C\C/C=C\C/C=C\CC)OC(=O)CCCCCCCCCCCCCCCCCCCCCCCCC. The Morgan fingerprint density at radius 3 is 0.778 bits per heavy atom. The molecule has 81 heavy (non-hydrogen) atoms. The highest BCUT2D eigenvalue weighted by Crippen LogP contribution is 2.17. The van der Waals surface area contributed by atoms with Crippen LogP contribution in [0.5, 0.6) is 0 Å². The molecule has 0 aromatic heterocycles. The molecule has 0 aromatic rings. The van der Waals surface area contributed by atoms with E-state index in [0.29, 0.717) is 19.3 Å². The van der Waals surface area contributed by atoms with Crippen molar-refractivity contribution in [1.29, 1.82) is 0 Å². The fourth-order valence-electron chi connectivity index (χ4n) is 9.70. The third-order valence-electron chi connectivity index (χ3n) is 14.8. The molecule has 0 aliphatic rings. The molecule has 0 saturated carbocycles. The molecule has 0 heterocycles. The van der Waals surface area contributed by atoms with Crippen LogP contribution in [0.1, 0.15) is 329 Å². The molecule has 1 unspecified atom stereocenters. The normalized spacial score (nSPS) is 12.8. The smallest absolute Gasteiger partial charge is 0.306 e. The van der Waals surface area contributed by atoms with Crippen LogP contribution in [0, 0.1) is 0 Å². The van der Waals surface area contributed by atoms with Gasteiger partial charge in [-0.15, -0.1) is 0 Å². The minimum absolute atomic E-state index is 0.0931. The first kappa shape index (κ1) is 77.1. The lowest BCUT2D eigenvalue weighted by Crippen LogP contribution is -2.30. The number of allylic oxidation sites excluding steroid dienone is 18. The molecule has 0 aromatic carbocycles. The maximum atomic E-state index is 13.0. The predicted octanol–water partition coefficient (Wildman–Crippen LogP) is 23.8. The van der Waals surface area contributed by atoms with Crippen molar-refractivity contribution in [2.45, 2.75) is 335 Å². The maximum absolute atomic E-state index is 13.0. The standard InChI is InChI=1S/C75H128O6/c1-4-7-10-13-16-19-22-25-28-30-32-34-36-37-39-40-42-44-47-50-53-56-59-62-65-68-74(77)80-71-72(70-79-73(76)67-64-61-58-55-52-49-46-27-24-21-18-15-12-9-6-3)81-75(78)69-66-63-60-57-54-51-48-45-43-41-38-35-33-31-29-26-23-20-17-14-11-8-5-2/h7,9-10,12,16,18-19,21,25,27-28,32,34,37,39,46,52,55,72H,4-6,8,11,13-15,17,20,22-24,26,29-31,33,35-36,38,40-45,47-51,53-54,56-71H2,1-3H3/b10-7-,12-9-,19-16-,21-18-,28-25-,34-32-,39-37-,46-27-,55-52-. The van der Waals surface area contributed by atoms with Crippen molar-refractivity contribution in [3.8, 4) is 0 Å². The summed E-state index contributed by atoms with van der Waals surface area (Å²) in [6, 6.07) is 0. The largest absolute Gasteiger partial charge is 0.462 e. The zero-order valence-corrected chi connectivity index (χ0v) is 53.3. The molecule has 0 radical (unpaired) electrons. The Labute approximate surface area is 501 Å². The molecular formula is C75H128O6. The molecule has 0 fully saturated rings. The van der Waals surface area contributed by atoms with Crippen molar-refractivity contribution >= 4 is 17.9 Å². The third kappa shape index (κ3) is 66.8. The first-order valence-electron chi connectivity index (χ1n) is 34.4. The Bertz CT molecular complexity index is 1620. The van der Waals surface area contributed by atoms with E-state index >= 15 is 0 Å². The Kier molecular flexibility index (Phi) is 65.2. The zero-order chi connectivity index (χ0) is 58.5. The van der Waals surface area contributed by atoms with Crippen molar-refractivity contribution in [1.82, 2.24) is 0 Å².